The first kappa shape index (κ1) is 12.1. The standard InChI is InChI=1S/C11H15BrClN3/c12-5-4-9-3-1-2-6-16(9)11-10(13)7-14-8-15-11/h7-9H,1-6H2. The molecule has 2 heterocycles. The van der Waals surface area contributed by atoms with Gasteiger partial charge in [0.15, 0.2) is 5.82 Å². The molecule has 88 valence electrons. The predicted octanol–water partition coefficient (Wildman–Crippen LogP) is 3.27. The van der Waals surface area contributed by atoms with Gasteiger partial charge in [-0.15, -0.1) is 0 Å². The summed E-state index contributed by atoms with van der Waals surface area (Å²) in [5.74, 6) is 0.891. The second-order valence-electron chi connectivity index (χ2n) is 4.01. The van der Waals surface area contributed by atoms with E-state index in [1.54, 1.807) is 12.5 Å². The first-order valence-electron chi connectivity index (χ1n) is 5.61. The minimum Gasteiger partial charge on any atom is -0.352 e. The maximum absolute atomic E-state index is 6.14. The number of halogens is 2. The summed E-state index contributed by atoms with van der Waals surface area (Å²) in [5.41, 5.74) is 0. The van der Waals surface area contributed by atoms with Gasteiger partial charge >= 0.3 is 0 Å². The molecule has 0 N–H and O–H groups in total. The van der Waals surface area contributed by atoms with Crippen LogP contribution in [0.3, 0.4) is 0 Å². The Morgan fingerprint density at radius 3 is 3.12 bits per heavy atom. The first-order chi connectivity index (χ1) is 7.83. The molecule has 2 rings (SSSR count). The summed E-state index contributed by atoms with van der Waals surface area (Å²) in [4.78, 5) is 10.6. The lowest BCUT2D eigenvalue weighted by molar-refractivity contribution is 0.449. The second kappa shape index (κ2) is 5.82. The van der Waals surface area contributed by atoms with E-state index in [1.165, 1.54) is 19.3 Å². The summed E-state index contributed by atoms with van der Waals surface area (Å²) >= 11 is 9.66. The first-order valence-corrected chi connectivity index (χ1v) is 7.11. The van der Waals surface area contributed by atoms with E-state index < -0.39 is 0 Å². The average molecular weight is 305 g/mol. The van der Waals surface area contributed by atoms with E-state index in [9.17, 15) is 0 Å². The van der Waals surface area contributed by atoms with Crippen LogP contribution in [0.4, 0.5) is 5.82 Å². The number of nitrogens with zero attached hydrogens (tertiary/aromatic N) is 3. The van der Waals surface area contributed by atoms with Gasteiger partial charge in [0.05, 0.1) is 6.20 Å². The minimum absolute atomic E-state index is 0.556. The zero-order chi connectivity index (χ0) is 11.4. The molecule has 0 amide bonds. The molecule has 0 bridgehead atoms. The van der Waals surface area contributed by atoms with E-state index in [4.69, 9.17) is 11.6 Å². The summed E-state index contributed by atoms with van der Waals surface area (Å²) in [6.45, 7) is 1.05. The Bertz CT molecular complexity index is 346. The topological polar surface area (TPSA) is 29.0 Å². The third kappa shape index (κ3) is 2.66. The zero-order valence-corrected chi connectivity index (χ0v) is 11.4. The van der Waals surface area contributed by atoms with Crippen LogP contribution in [0.5, 0.6) is 0 Å². The summed E-state index contributed by atoms with van der Waals surface area (Å²) in [5, 5.41) is 1.68. The molecule has 1 saturated heterocycles. The Morgan fingerprint density at radius 1 is 1.50 bits per heavy atom. The van der Waals surface area contributed by atoms with Crippen molar-refractivity contribution in [2.75, 3.05) is 16.8 Å². The van der Waals surface area contributed by atoms with Crippen LogP contribution in [0.25, 0.3) is 0 Å². The molecule has 16 heavy (non-hydrogen) atoms. The van der Waals surface area contributed by atoms with Gasteiger partial charge in [0.1, 0.15) is 11.3 Å². The molecule has 1 aromatic rings. The molecule has 3 nitrogen and oxygen atoms in total. The van der Waals surface area contributed by atoms with Crippen LogP contribution in [0, 0.1) is 0 Å². The number of rotatable bonds is 3. The maximum Gasteiger partial charge on any atom is 0.151 e. The Kier molecular flexibility index (Phi) is 4.41. The lowest BCUT2D eigenvalue weighted by Crippen LogP contribution is -2.40. The predicted molar refractivity (Wildman–Crippen MR) is 70.4 cm³/mol. The third-order valence-corrected chi connectivity index (χ3v) is 3.71. The number of hydrogen-bond acceptors (Lipinski definition) is 3. The lowest BCUT2D eigenvalue weighted by Gasteiger charge is -2.36. The van der Waals surface area contributed by atoms with Gasteiger partial charge in [-0.2, -0.15) is 0 Å². The Morgan fingerprint density at radius 2 is 2.38 bits per heavy atom. The van der Waals surface area contributed by atoms with Gasteiger partial charge in [-0.3, -0.25) is 0 Å². The SMILES string of the molecule is Clc1cncnc1N1CCCCC1CCBr. The highest BCUT2D eigenvalue weighted by Crippen LogP contribution is 2.29. The number of piperidine rings is 1. The van der Waals surface area contributed by atoms with E-state index in [2.05, 4.69) is 30.8 Å². The van der Waals surface area contributed by atoms with Crippen molar-refractivity contribution in [1.82, 2.24) is 9.97 Å². The molecule has 1 aromatic heterocycles. The Balaban J connectivity index is 2.19. The Labute approximate surface area is 109 Å². The molecule has 0 radical (unpaired) electrons. The molecule has 1 aliphatic rings. The van der Waals surface area contributed by atoms with Gasteiger partial charge in [-0.05, 0) is 25.7 Å². The maximum atomic E-state index is 6.14. The van der Waals surface area contributed by atoms with Gasteiger partial charge in [0, 0.05) is 17.9 Å². The molecular formula is C11H15BrClN3. The molecule has 1 aliphatic heterocycles. The highest BCUT2D eigenvalue weighted by atomic mass is 79.9. The fourth-order valence-electron chi connectivity index (χ4n) is 2.22. The van der Waals surface area contributed by atoms with Crippen molar-refractivity contribution in [2.24, 2.45) is 0 Å². The molecular weight excluding hydrogens is 289 g/mol. The molecule has 0 spiro atoms. The van der Waals surface area contributed by atoms with Crippen molar-refractivity contribution in [3.63, 3.8) is 0 Å². The van der Waals surface area contributed by atoms with E-state index in [-0.39, 0.29) is 0 Å². The van der Waals surface area contributed by atoms with Gasteiger partial charge in [0.25, 0.3) is 0 Å². The van der Waals surface area contributed by atoms with Crippen molar-refractivity contribution in [3.8, 4) is 0 Å². The molecule has 1 fully saturated rings. The van der Waals surface area contributed by atoms with Gasteiger partial charge in [-0.1, -0.05) is 27.5 Å². The van der Waals surface area contributed by atoms with Crippen LogP contribution in [-0.2, 0) is 0 Å². The van der Waals surface area contributed by atoms with Crippen LogP contribution in [0.1, 0.15) is 25.7 Å². The third-order valence-electron chi connectivity index (χ3n) is 2.99. The fourth-order valence-corrected chi connectivity index (χ4v) is 2.97. The van der Waals surface area contributed by atoms with Crippen molar-refractivity contribution in [2.45, 2.75) is 31.7 Å². The van der Waals surface area contributed by atoms with Crippen LogP contribution in [0.15, 0.2) is 12.5 Å². The molecule has 0 aliphatic carbocycles. The highest BCUT2D eigenvalue weighted by Gasteiger charge is 2.24. The fraction of sp³-hybridized carbons (Fsp3) is 0.636. The normalized spacial score (nSPS) is 21.1. The van der Waals surface area contributed by atoms with Crippen molar-refractivity contribution in [1.29, 1.82) is 0 Å². The van der Waals surface area contributed by atoms with E-state index in [0.717, 1.165) is 24.1 Å². The number of alkyl halides is 1. The van der Waals surface area contributed by atoms with Crippen molar-refractivity contribution >= 4 is 33.3 Å². The Hall–Kier alpha value is -0.350. The molecule has 0 aromatic carbocycles. The summed E-state index contributed by atoms with van der Waals surface area (Å²) < 4.78 is 0. The lowest BCUT2D eigenvalue weighted by atomic mass is 10.0. The monoisotopic (exact) mass is 303 g/mol. The van der Waals surface area contributed by atoms with Crippen molar-refractivity contribution < 1.29 is 0 Å². The second-order valence-corrected chi connectivity index (χ2v) is 5.22. The average Bonchev–Trinajstić information content (AvgIpc) is 2.31. The van der Waals surface area contributed by atoms with Crippen LogP contribution in [0.2, 0.25) is 5.02 Å². The minimum atomic E-state index is 0.556. The van der Waals surface area contributed by atoms with Crippen LogP contribution in [-0.4, -0.2) is 27.9 Å². The van der Waals surface area contributed by atoms with Gasteiger partial charge in [-0.25, -0.2) is 9.97 Å². The molecule has 0 saturated carbocycles. The van der Waals surface area contributed by atoms with Gasteiger partial charge < -0.3 is 4.90 Å². The van der Waals surface area contributed by atoms with Crippen molar-refractivity contribution in [3.05, 3.63) is 17.5 Å². The zero-order valence-electron chi connectivity index (χ0n) is 9.07. The number of anilines is 1. The van der Waals surface area contributed by atoms with E-state index in [0.29, 0.717) is 11.1 Å². The van der Waals surface area contributed by atoms with Crippen LogP contribution < -0.4 is 4.90 Å². The highest BCUT2D eigenvalue weighted by molar-refractivity contribution is 9.09. The number of aromatic nitrogens is 2. The summed E-state index contributed by atoms with van der Waals surface area (Å²) in [6.07, 6.45) is 8.13. The summed E-state index contributed by atoms with van der Waals surface area (Å²) in [6, 6.07) is 0.556. The molecule has 1 unspecified atom stereocenters. The van der Waals surface area contributed by atoms with E-state index in [1.807, 2.05) is 0 Å². The molecule has 5 heteroatoms. The number of hydrogen-bond donors (Lipinski definition) is 0. The largest absolute Gasteiger partial charge is 0.352 e. The van der Waals surface area contributed by atoms with E-state index >= 15 is 0 Å². The smallest absolute Gasteiger partial charge is 0.151 e. The molecule has 1 atom stereocenters. The van der Waals surface area contributed by atoms with Gasteiger partial charge in [0.2, 0.25) is 0 Å². The summed E-state index contributed by atoms with van der Waals surface area (Å²) in [7, 11) is 0. The van der Waals surface area contributed by atoms with Crippen LogP contribution >= 0.6 is 27.5 Å². The quantitative estimate of drug-likeness (QED) is 0.803.